The van der Waals surface area contributed by atoms with E-state index in [0.717, 1.165) is 5.56 Å². The number of hydrogen-bond donors (Lipinski definition) is 1. The number of nitro benzene ring substituents is 1. The van der Waals surface area contributed by atoms with Gasteiger partial charge in [0.25, 0.3) is 16.8 Å². The second kappa shape index (κ2) is 13.9. The predicted octanol–water partition coefficient (Wildman–Crippen LogP) is 7.67. The maximum absolute atomic E-state index is 14.3. The number of carbonyl (C=O) groups is 1. The van der Waals surface area contributed by atoms with E-state index in [0.29, 0.717) is 33.7 Å². The number of H-pyrrole nitrogens is 1. The topological polar surface area (TPSA) is 156 Å². The fraction of sp³-hybridized carbons (Fsp3) is 0.0750. The molecule has 0 spiro atoms. The van der Waals surface area contributed by atoms with Crippen molar-refractivity contribution in [3.8, 4) is 39.6 Å². The first-order chi connectivity index (χ1) is 26.5. The van der Waals surface area contributed by atoms with Crippen molar-refractivity contribution < 1.29 is 9.72 Å². The first kappa shape index (κ1) is 35.2. The molecule has 8 aromatic rings. The fourth-order valence-electron chi connectivity index (χ4n) is 6.85. The molecule has 4 aromatic carbocycles. The van der Waals surface area contributed by atoms with E-state index in [1.54, 1.807) is 33.2 Å². The average Bonchev–Trinajstić information content (AvgIpc) is 3.81. The van der Waals surface area contributed by atoms with Crippen LogP contribution in [0.5, 0.6) is 0 Å². The summed E-state index contributed by atoms with van der Waals surface area (Å²) in [4.78, 5) is 62.8. The van der Waals surface area contributed by atoms with Gasteiger partial charge in [-0.3, -0.25) is 38.8 Å². The van der Waals surface area contributed by atoms with Crippen molar-refractivity contribution in [2.24, 2.45) is 7.05 Å². The number of aromatic amines is 1. The van der Waals surface area contributed by atoms with Crippen LogP contribution in [0.15, 0.2) is 125 Å². The standard InChI is InChI=1S/C40H28Cl2N8O5/c1-23-35(40(53)49(46(23)2)27-13-7-4-8-14-27)47-21-30(24-10-5-3-6-11-24)34-37(47)43-22-44-38(34)48-36(26-12-9-15-28(18-26)50(54)55)29(39(52)45-48)20-33(51)25-16-17-31(41)32(42)19-25/h3-19,21-22H,20H2,1-2H3,(H,45,52). The van der Waals surface area contributed by atoms with Crippen molar-refractivity contribution in [1.29, 1.82) is 0 Å². The average molecular weight is 772 g/mol. The third-order valence-corrected chi connectivity index (χ3v) is 10.3. The maximum atomic E-state index is 14.3. The van der Waals surface area contributed by atoms with Crippen LogP contribution in [-0.2, 0) is 13.5 Å². The minimum Gasteiger partial charge on any atom is -0.294 e. The van der Waals surface area contributed by atoms with Crippen LogP contribution in [0.2, 0.25) is 10.0 Å². The van der Waals surface area contributed by atoms with Crippen molar-refractivity contribution in [3.05, 3.63) is 173 Å². The maximum Gasteiger partial charge on any atom is 0.295 e. The predicted molar refractivity (Wildman–Crippen MR) is 210 cm³/mol. The zero-order valence-electron chi connectivity index (χ0n) is 29.1. The first-order valence-electron chi connectivity index (χ1n) is 16.9. The van der Waals surface area contributed by atoms with E-state index in [4.69, 9.17) is 23.2 Å². The number of nitrogens with one attached hydrogen (secondary N) is 1. The molecule has 4 heterocycles. The molecule has 0 amide bonds. The van der Waals surface area contributed by atoms with Gasteiger partial charge in [0.1, 0.15) is 12.0 Å². The summed E-state index contributed by atoms with van der Waals surface area (Å²) in [7, 11) is 1.80. The van der Waals surface area contributed by atoms with E-state index >= 15 is 0 Å². The molecule has 0 aliphatic rings. The Morgan fingerprint density at radius 3 is 2.29 bits per heavy atom. The SMILES string of the molecule is Cc1c(-n2cc(-c3ccccc3)c3c(-n4[nH]c(=O)c(CC(=O)c5ccc(Cl)c(Cl)c5)c4-c4cccc([N+](=O)[O-])c4)ncnc32)c(=O)n(-c2ccccc2)n1C. The van der Waals surface area contributed by atoms with Crippen molar-refractivity contribution >= 4 is 45.7 Å². The van der Waals surface area contributed by atoms with Gasteiger partial charge in [0, 0.05) is 48.5 Å². The second-order valence-corrected chi connectivity index (χ2v) is 13.5. The summed E-state index contributed by atoms with van der Waals surface area (Å²) in [6.07, 6.45) is 2.73. The Balaban J connectivity index is 1.41. The van der Waals surface area contributed by atoms with E-state index in [1.807, 2.05) is 67.6 Å². The number of nitro groups is 1. The molecule has 0 unspecified atom stereocenters. The highest BCUT2D eigenvalue weighted by Gasteiger charge is 2.28. The highest BCUT2D eigenvalue weighted by Crippen LogP contribution is 2.37. The number of rotatable bonds is 9. The molecule has 13 nitrogen and oxygen atoms in total. The third-order valence-electron chi connectivity index (χ3n) is 9.53. The lowest BCUT2D eigenvalue weighted by Crippen LogP contribution is -2.21. The molecule has 0 fully saturated rings. The van der Waals surface area contributed by atoms with E-state index in [9.17, 15) is 24.5 Å². The number of aromatic nitrogens is 7. The van der Waals surface area contributed by atoms with Gasteiger partial charge in [-0.05, 0) is 42.8 Å². The van der Waals surface area contributed by atoms with Gasteiger partial charge >= 0.3 is 0 Å². The molecule has 55 heavy (non-hydrogen) atoms. The highest BCUT2D eigenvalue weighted by atomic mass is 35.5. The van der Waals surface area contributed by atoms with Gasteiger partial charge in [0.05, 0.1) is 43.0 Å². The van der Waals surface area contributed by atoms with Crippen LogP contribution >= 0.6 is 23.2 Å². The van der Waals surface area contributed by atoms with Gasteiger partial charge in [-0.1, -0.05) is 83.9 Å². The number of Topliss-reactive ketones (excluding diaryl/α,β-unsaturated/α-hetero) is 1. The molecule has 0 saturated heterocycles. The Kier molecular flexibility index (Phi) is 8.87. The van der Waals surface area contributed by atoms with Gasteiger partial charge < -0.3 is 0 Å². The third kappa shape index (κ3) is 6.05. The number of para-hydroxylation sites is 1. The number of nitrogens with zero attached hydrogens (tertiary/aromatic N) is 7. The summed E-state index contributed by atoms with van der Waals surface area (Å²) in [5.74, 6) is -0.238. The van der Waals surface area contributed by atoms with Crippen LogP contribution in [0.1, 0.15) is 21.6 Å². The monoisotopic (exact) mass is 770 g/mol. The first-order valence-corrected chi connectivity index (χ1v) is 17.6. The molecule has 272 valence electrons. The van der Waals surface area contributed by atoms with E-state index < -0.39 is 16.3 Å². The van der Waals surface area contributed by atoms with Gasteiger partial charge in [-0.15, -0.1) is 0 Å². The van der Waals surface area contributed by atoms with Crippen LogP contribution in [-0.4, -0.2) is 44.4 Å². The molecule has 4 aromatic heterocycles. The lowest BCUT2D eigenvalue weighted by molar-refractivity contribution is -0.384. The largest absolute Gasteiger partial charge is 0.295 e. The number of carbonyl (C=O) groups excluding carboxylic acids is 1. The number of ketones is 1. The lowest BCUT2D eigenvalue weighted by Gasteiger charge is -2.12. The van der Waals surface area contributed by atoms with E-state index in [1.165, 1.54) is 47.4 Å². The molecular formula is C40H28Cl2N8O5. The van der Waals surface area contributed by atoms with E-state index in [2.05, 4.69) is 15.1 Å². The molecular weight excluding hydrogens is 743 g/mol. The zero-order valence-corrected chi connectivity index (χ0v) is 30.6. The molecule has 0 radical (unpaired) electrons. The summed E-state index contributed by atoms with van der Waals surface area (Å²) in [5.41, 5.74) is 2.99. The zero-order chi connectivity index (χ0) is 38.5. The molecule has 15 heteroatoms. The van der Waals surface area contributed by atoms with Crippen LogP contribution in [0.4, 0.5) is 5.69 Å². The molecule has 8 rings (SSSR count). The summed E-state index contributed by atoms with van der Waals surface area (Å²) in [6, 6.07) is 28.9. The molecule has 0 aliphatic carbocycles. The van der Waals surface area contributed by atoms with E-state index in [-0.39, 0.29) is 55.9 Å². The number of halogens is 2. The van der Waals surface area contributed by atoms with Gasteiger partial charge in [0.15, 0.2) is 17.2 Å². The van der Waals surface area contributed by atoms with Crippen molar-refractivity contribution in [2.75, 3.05) is 0 Å². The Morgan fingerprint density at radius 1 is 0.873 bits per heavy atom. The normalized spacial score (nSPS) is 11.3. The Morgan fingerprint density at radius 2 is 1.58 bits per heavy atom. The highest BCUT2D eigenvalue weighted by molar-refractivity contribution is 6.42. The van der Waals surface area contributed by atoms with Gasteiger partial charge in [-0.25, -0.2) is 19.3 Å². The van der Waals surface area contributed by atoms with Crippen molar-refractivity contribution in [2.45, 2.75) is 13.3 Å². The molecule has 1 N–H and O–H groups in total. The summed E-state index contributed by atoms with van der Waals surface area (Å²) in [5, 5.41) is 15.7. The number of benzene rings is 4. The lowest BCUT2D eigenvalue weighted by atomic mass is 9.99. The van der Waals surface area contributed by atoms with Crippen molar-refractivity contribution in [1.82, 2.24) is 33.7 Å². The molecule has 0 atom stereocenters. The Hall–Kier alpha value is -6.83. The minimum absolute atomic E-state index is 0.0358. The molecule has 0 bridgehead atoms. The smallest absolute Gasteiger partial charge is 0.294 e. The van der Waals surface area contributed by atoms with Gasteiger partial charge in [0.2, 0.25) is 0 Å². The summed E-state index contributed by atoms with van der Waals surface area (Å²) in [6.45, 7) is 1.84. The van der Waals surface area contributed by atoms with Crippen LogP contribution in [0.25, 0.3) is 50.6 Å². The fourth-order valence-corrected chi connectivity index (χ4v) is 7.14. The quantitative estimate of drug-likeness (QED) is 0.0897. The second-order valence-electron chi connectivity index (χ2n) is 12.7. The number of non-ortho nitro benzene ring substituents is 1. The van der Waals surface area contributed by atoms with Crippen LogP contribution in [0.3, 0.4) is 0 Å². The number of hydrogen-bond acceptors (Lipinski definition) is 7. The van der Waals surface area contributed by atoms with Crippen LogP contribution < -0.4 is 11.1 Å². The molecule has 0 aliphatic heterocycles. The molecule has 0 saturated carbocycles. The summed E-state index contributed by atoms with van der Waals surface area (Å²) >= 11 is 12.3. The summed E-state index contributed by atoms with van der Waals surface area (Å²) < 4.78 is 6.47. The van der Waals surface area contributed by atoms with Gasteiger partial charge in [-0.2, -0.15) is 0 Å². The Bertz CT molecular complexity index is 2940. The minimum atomic E-state index is -0.618. The Labute approximate surface area is 321 Å². The number of fused-ring (bicyclic) bond motifs is 1. The van der Waals surface area contributed by atoms with Crippen LogP contribution in [0, 0.1) is 17.0 Å². The van der Waals surface area contributed by atoms with Crippen molar-refractivity contribution in [3.63, 3.8) is 0 Å².